The fraction of sp³-hybridized carbons (Fsp3) is 1.00. The highest BCUT2D eigenvalue weighted by Crippen LogP contribution is 2.33. The molecule has 108 valence electrons. The molecule has 1 fully saturated rings. The lowest BCUT2D eigenvalue weighted by molar-refractivity contribution is 0.210. The Hall–Kier alpha value is -0.0400. The third-order valence-corrected chi connectivity index (χ3v) is 4.87. The molecule has 1 atom stereocenters. The Labute approximate surface area is 115 Å². The minimum Gasteiger partial charge on any atom is -0.314 e. The van der Waals surface area contributed by atoms with Gasteiger partial charge in [-0.3, -0.25) is 0 Å². The van der Waals surface area contributed by atoms with Gasteiger partial charge in [0.2, 0.25) is 0 Å². The van der Waals surface area contributed by atoms with Crippen molar-refractivity contribution < 1.29 is 0 Å². The van der Waals surface area contributed by atoms with Crippen molar-refractivity contribution in [2.75, 3.05) is 6.54 Å². The second kappa shape index (κ2) is 9.83. The van der Waals surface area contributed by atoms with Gasteiger partial charge in [0.25, 0.3) is 0 Å². The highest BCUT2D eigenvalue weighted by atomic mass is 14.9. The van der Waals surface area contributed by atoms with E-state index in [2.05, 4.69) is 26.1 Å². The minimum absolute atomic E-state index is 0.810. The molecule has 0 radical (unpaired) electrons. The lowest BCUT2D eigenvalue weighted by Crippen LogP contribution is -2.38. The molecular weight excluding hydrogens is 218 g/mol. The molecule has 1 aliphatic rings. The molecule has 0 aromatic rings. The van der Waals surface area contributed by atoms with Gasteiger partial charge < -0.3 is 5.32 Å². The number of nitrogens with one attached hydrogen (secondary N) is 1. The summed E-state index contributed by atoms with van der Waals surface area (Å²) >= 11 is 0. The van der Waals surface area contributed by atoms with Crippen LogP contribution in [-0.2, 0) is 0 Å². The van der Waals surface area contributed by atoms with Crippen LogP contribution < -0.4 is 5.32 Å². The summed E-state index contributed by atoms with van der Waals surface area (Å²) in [5, 5.41) is 3.76. The van der Waals surface area contributed by atoms with Crippen molar-refractivity contribution in [1.82, 2.24) is 5.32 Å². The lowest BCUT2D eigenvalue weighted by atomic mass is 9.76. The molecule has 1 N–H and O–H groups in total. The van der Waals surface area contributed by atoms with Gasteiger partial charge in [0, 0.05) is 6.04 Å². The fourth-order valence-electron chi connectivity index (χ4n) is 3.56. The molecule has 1 heteroatoms. The van der Waals surface area contributed by atoms with E-state index in [-0.39, 0.29) is 0 Å². The third-order valence-electron chi connectivity index (χ3n) is 4.87. The molecule has 0 amide bonds. The van der Waals surface area contributed by atoms with Crippen LogP contribution in [0.15, 0.2) is 0 Å². The van der Waals surface area contributed by atoms with Crippen molar-refractivity contribution in [2.45, 2.75) is 91.0 Å². The van der Waals surface area contributed by atoms with Crippen molar-refractivity contribution in [1.29, 1.82) is 0 Å². The van der Waals surface area contributed by atoms with E-state index in [1.165, 1.54) is 64.2 Å². The van der Waals surface area contributed by atoms with Gasteiger partial charge in [-0.25, -0.2) is 0 Å². The second-order valence-electron chi connectivity index (χ2n) is 6.20. The van der Waals surface area contributed by atoms with Gasteiger partial charge >= 0.3 is 0 Å². The van der Waals surface area contributed by atoms with Crippen LogP contribution in [0.2, 0.25) is 0 Å². The highest BCUT2D eigenvalue weighted by Gasteiger charge is 2.25. The highest BCUT2D eigenvalue weighted by molar-refractivity contribution is 4.81. The van der Waals surface area contributed by atoms with Crippen molar-refractivity contribution in [3.63, 3.8) is 0 Å². The van der Waals surface area contributed by atoms with Crippen molar-refractivity contribution in [2.24, 2.45) is 11.8 Å². The number of hydrogen-bond donors (Lipinski definition) is 1. The third kappa shape index (κ3) is 5.73. The largest absolute Gasteiger partial charge is 0.314 e. The molecule has 0 heterocycles. The molecule has 1 aliphatic carbocycles. The Morgan fingerprint density at radius 1 is 0.944 bits per heavy atom. The van der Waals surface area contributed by atoms with Crippen LogP contribution in [0.4, 0.5) is 0 Å². The maximum atomic E-state index is 3.76. The Morgan fingerprint density at radius 2 is 1.67 bits per heavy atom. The summed E-state index contributed by atoms with van der Waals surface area (Å²) in [5.41, 5.74) is 0. The van der Waals surface area contributed by atoms with Crippen molar-refractivity contribution in [3.05, 3.63) is 0 Å². The summed E-state index contributed by atoms with van der Waals surface area (Å²) in [6, 6.07) is 0.810. The van der Waals surface area contributed by atoms with Crippen LogP contribution in [-0.4, -0.2) is 12.6 Å². The van der Waals surface area contributed by atoms with E-state index in [4.69, 9.17) is 0 Å². The average molecular weight is 253 g/mol. The molecule has 1 rings (SSSR count). The maximum absolute atomic E-state index is 3.76. The van der Waals surface area contributed by atoms with Gasteiger partial charge in [-0.05, 0) is 37.6 Å². The van der Waals surface area contributed by atoms with E-state index in [0.29, 0.717) is 0 Å². The number of rotatable bonds is 9. The molecule has 1 unspecified atom stereocenters. The zero-order valence-corrected chi connectivity index (χ0v) is 13.0. The zero-order chi connectivity index (χ0) is 13.2. The van der Waals surface area contributed by atoms with Crippen LogP contribution in [0.1, 0.15) is 85.0 Å². The zero-order valence-electron chi connectivity index (χ0n) is 13.0. The molecule has 1 saturated carbocycles. The summed E-state index contributed by atoms with van der Waals surface area (Å²) in [7, 11) is 0. The van der Waals surface area contributed by atoms with Gasteiger partial charge in [0.1, 0.15) is 0 Å². The normalized spacial score (nSPS) is 26.2. The Morgan fingerprint density at radius 3 is 2.22 bits per heavy atom. The molecule has 0 saturated heterocycles. The quantitative estimate of drug-likeness (QED) is 0.560. The first-order chi connectivity index (χ1) is 8.81. The predicted molar refractivity (Wildman–Crippen MR) is 82.0 cm³/mol. The summed E-state index contributed by atoms with van der Waals surface area (Å²) in [4.78, 5) is 0. The Bertz CT molecular complexity index is 182. The van der Waals surface area contributed by atoms with Gasteiger partial charge in [0.15, 0.2) is 0 Å². The smallest absolute Gasteiger partial charge is 0.00952 e. The van der Waals surface area contributed by atoms with Gasteiger partial charge in [0.05, 0.1) is 0 Å². The van der Waals surface area contributed by atoms with Crippen LogP contribution >= 0.6 is 0 Å². The first-order valence-corrected chi connectivity index (χ1v) is 8.55. The molecule has 0 bridgehead atoms. The molecule has 18 heavy (non-hydrogen) atoms. The van der Waals surface area contributed by atoms with Crippen LogP contribution in [0.5, 0.6) is 0 Å². The average Bonchev–Trinajstić information content (AvgIpc) is 2.42. The summed E-state index contributed by atoms with van der Waals surface area (Å²) in [5.74, 6) is 2.00. The molecule has 1 nitrogen and oxygen atoms in total. The van der Waals surface area contributed by atoms with Gasteiger partial charge in [-0.1, -0.05) is 65.7 Å². The maximum Gasteiger partial charge on any atom is 0.00952 e. The Balaban J connectivity index is 2.27. The van der Waals surface area contributed by atoms with E-state index in [1.807, 2.05) is 0 Å². The number of hydrogen-bond acceptors (Lipinski definition) is 1. The van der Waals surface area contributed by atoms with Gasteiger partial charge in [-0.2, -0.15) is 0 Å². The molecule has 0 aromatic heterocycles. The fourth-order valence-corrected chi connectivity index (χ4v) is 3.56. The molecular formula is C17H35N. The lowest BCUT2D eigenvalue weighted by Gasteiger charge is -2.34. The summed E-state index contributed by atoms with van der Waals surface area (Å²) in [6.07, 6.45) is 14.4. The second-order valence-corrected chi connectivity index (χ2v) is 6.20. The SMILES string of the molecule is CCCCCCC(NCC)C1CCC(CC)CC1. The first-order valence-electron chi connectivity index (χ1n) is 8.55. The number of unbranched alkanes of at least 4 members (excludes halogenated alkanes) is 3. The monoisotopic (exact) mass is 253 g/mol. The summed E-state index contributed by atoms with van der Waals surface area (Å²) in [6.45, 7) is 8.06. The molecule has 0 aliphatic heterocycles. The van der Waals surface area contributed by atoms with E-state index in [1.54, 1.807) is 0 Å². The minimum atomic E-state index is 0.810. The van der Waals surface area contributed by atoms with Crippen LogP contribution in [0, 0.1) is 11.8 Å². The van der Waals surface area contributed by atoms with Crippen LogP contribution in [0.3, 0.4) is 0 Å². The predicted octanol–water partition coefficient (Wildman–Crippen LogP) is 5.15. The topological polar surface area (TPSA) is 12.0 Å². The Kier molecular flexibility index (Phi) is 8.75. The van der Waals surface area contributed by atoms with E-state index < -0.39 is 0 Å². The standard InChI is InChI=1S/C17H35N/c1-4-7-8-9-10-17(18-6-3)16-13-11-15(5-2)12-14-16/h15-18H,4-14H2,1-3H3. The van der Waals surface area contributed by atoms with Crippen LogP contribution in [0.25, 0.3) is 0 Å². The molecule has 0 spiro atoms. The first kappa shape index (κ1) is 16.0. The van der Waals surface area contributed by atoms with Gasteiger partial charge in [-0.15, -0.1) is 0 Å². The van der Waals surface area contributed by atoms with E-state index >= 15 is 0 Å². The van der Waals surface area contributed by atoms with Crippen molar-refractivity contribution in [3.8, 4) is 0 Å². The van der Waals surface area contributed by atoms with Crippen molar-refractivity contribution >= 4 is 0 Å². The van der Waals surface area contributed by atoms with E-state index in [0.717, 1.165) is 24.4 Å². The molecule has 0 aromatic carbocycles. The van der Waals surface area contributed by atoms with E-state index in [9.17, 15) is 0 Å². The summed E-state index contributed by atoms with van der Waals surface area (Å²) < 4.78 is 0.